The van der Waals surface area contributed by atoms with Crippen molar-refractivity contribution in [3.05, 3.63) is 150 Å². The smallest absolute Gasteiger partial charge is 0.141 e. The second-order valence-corrected chi connectivity index (χ2v) is 17.4. The minimum absolute atomic E-state index is 0.534. The lowest BCUT2D eigenvalue weighted by atomic mass is 9.91. The molecule has 0 N–H and O–H groups in total. The van der Waals surface area contributed by atoms with Gasteiger partial charge in [-0.05, 0) is 97.2 Å². The van der Waals surface area contributed by atoms with Crippen LogP contribution in [0.2, 0.25) is 20.1 Å². The molecule has 0 saturated heterocycles. The van der Waals surface area contributed by atoms with E-state index in [1.807, 2.05) is 48.5 Å². The molecular formula is C46H46Cl4N6. The molecular weight excluding hydrogens is 778 g/mol. The van der Waals surface area contributed by atoms with Gasteiger partial charge in [0.25, 0.3) is 0 Å². The van der Waals surface area contributed by atoms with Crippen LogP contribution in [0.5, 0.6) is 0 Å². The molecule has 10 rings (SSSR count). The summed E-state index contributed by atoms with van der Waals surface area (Å²) in [6.45, 7) is 4.10. The monoisotopic (exact) mass is 822 g/mol. The Morgan fingerprint density at radius 3 is 1.34 bits per heavy atom. The molecule has 0 saturated carbocycles. The van der Waals surface area contributed by atoms with Gasteiger partial charge in [0, 0.05) is 97.8 Å². The maximum atomic E-state index is 6.49. The normalized spacial score (nSPS) is 19.3. The van der Waals surface area contributed by atoms with Crippen LogP contribution in [-0.4, -0.2) is 54.1 Å². The fourth-order valence-corrected chi connectivity index (χ4v) is 10.4. The maximum absolute atomic E-state index is 6.49. The van der Waals surface area contributed by atoms with Crippen LogP contribution in [-0.2, 0) is 65.7 Å². The first-order chi connectivity index (χ1) is 27.2. The molecule has 4 heterocycles. The van der Waals surface area contributed by atoms with Crippen LogP contribution in [0.25, 0.3) is 22.8 Å². The molecule has 6 aromatic rings. The van der Waals surface area contributed by atoms with Crippen LogP contribution in [0.1, 0.15) is 57.9 Å². The van der Waals surface area contributed by atoms with E-state index in [2.05, 4.69) is 69.4 Å². The number of benzene rings is 4. The number of fused-ring (bicyclic) bond motifs is 4. The highest BCUT2D eigenvalue weighted by Gasteiger charge is 2.33. The Morgan fingerprint density at radius 2 is 0.911 bits per heavy atom. The second-order valence-electron chi connectivity index (χ2n) is 15.7. The molecule has 2 aliphatic carbocycles. The highest BCUT2D eigenvalue weighted by atomic mass is 35.5. The van der Waals surface area contributed by atoms with E-state index in [0.717, 1.165) is 120 Å². The maximum Gasteiger partial charge on any atom is 0.141 e. The van der Waals surface area contributed by atoms with Gasteiger partial charge in [-0.25, -0.2) is 9.97 Å². The predicted molar refractivity (Wildman–Crippen MR) is 230 cm³/mol. The molecule has 0 fully saturated rings. The third-order valence-electron chi connectivity index (χ3n) is 12.6. The lowest BCUT2D eigenvalue weighted by molar-refractivity contribution is 0.161. The van der Waals surface area contributed by atoms with E-state index in [-0.39, 0.29) is 0 Å². The van der Waals surface area contributed by atoms with Crippen LogP contribution >= 0.6 is 46.4 Å². The van der Waals surface area contributed by atoms with Crippen molar-refractivity contribution in [2.45, 2.75) is 76.5 Å². The summed E-state index contributed by atoms with van der Waals surface area (Å²) in [5.74, 6) is 1.95. The van der Waals surface area contributed by atoms with Crippen LogP contribution in [0.4, 0.5) is 0 Å². The van der Waals surface area contributed by atoms with Crippen LogP contribution in [0.3, 0.4) is 0 Å². The molecule has 6 nitrogen and oxygen atoms in total. The SMILES string of the molecule is Cn1c(-c2ccccc2Cl)nc2c1C[C@@H](N1CCc3cccc(Cl)c3C1)CC2.Cn1c(-c2ccccc2Cl)nc2c1C[C@H](N1CCc3cccc(Cl)c3C1)CC2. The lowest BCUT2D eigenvalue weighted by Crippen LogP contribution is -2.42. The van der Waals surface area contributed by atoms with Gasteiger partial charge in [-0.3, -0.25) is 9.80 Å². The Kier molecular flexibility index (Phi) is 10.8. The van der Waals surface area contributed by atoms with E-state index in [1.54, 1.807) is 0 Å². The number of halogens is 4. The van der Waals surface area contributed by atoms with Crippen LogP contribution < -0.4 is 0 Å². The number of aryl methyl sites for hydroxylation is 2. The number of hydrogen-bond donors (Lipinski definition) is 0. The fourth-order valence-electron chi connectivity index (χ4n) is 9.48. The summed E-state index contributed by atoms with van der Waals surface area (Å²) in [4.78, 5) is 15.1. The Bertz CT molecular complexity index is 2250. The zero-order valence-electron chi connectivity index (χ0n) is 31.9. The highest BCUT2D eigenvalue weighted by Crippen LogP contribution is 2.36. The molecule has 2 aliphatic heterocycles. The lowest BCUT2D eigenvalue weighted by Gasteiger charge is -2.37. The summed E-state index contributed by atoms with van der Waals surface area (Å²) in [7, 11) is 4.24. The van der Waals surface area contributed by atoms with E-state index in [0.29, 0.717) is 12.1 Å². The van der Waals surface area contributed by atoms with Gasteiger partial charge in [0.15, 0.2) is 0 Å². The third-order valence-corrected chi connectivity index (χ3v) is 14.0. The zero-order valence-corrected chi connectivity index (χ0v) is 34.9. The Morgan fingerprint density at radius 1 is 0.500 bits per heavy atom. The molecule has 0 spiro atoms. The molecule has 288 valence electrons. The van der Waals surface area contributed by atoms with E-state index < -0.39 is 0 Å². The summed E-state index contributed by atoms with van der Waals surface area (Å²) < 4.78 is 4.49. The van der Waals surface area contributed by atoms with Gasteiger partial charge >= 0.3 is 0 Å². The van der Waals surface area contributed by atoms with Crippen molar-refractivity contribution in [2.24, 2.45) is 14.1 Å². The van der Waals surface area contributed by atoms with Crippen molar-refractivity contribution in [1.29, 1.82) is 0 Å². The van der Waals surface area contributed by atoms with E-state index in [9.17, 15) is 0 Å². The highest BCUT2D eigenvalue weighted by molar-refractivity contribution is 6.33. The summed E-state index contributed by atoms with van der Waals surface area (Å²) >= 11 is 25.8. The second kappa shape index (κ2) is 16.0. The van der Waals surface area contributed by atoms with Gasteiger partial charge in [0.1, 0.15) is 11.6 Å². The van der Waals surface area contributed by atoms with E-state index in [4.69, 9.17) is 56.4 Å². The first-order valence-electron chi connectivity index (χ1n) is 19.8. The van der Waals surface area contributed by atoms with Crippen molar-refractivity contribution in [1.82, 2.24) is 28.9 Å². The third kappa shape index (κ3) is 7.23. The number of hydrogen-bond acceptors (Lipinski definition) is 4. The molecule has 0 radical (unpaired) electrons. The molecule has 0 amide bonds. The molecule has 4 aromatic carbocycles. The molecule has 2 aromatic heterocycles. The Balaban J connectivity index is 0.000000146. The van der Waals surface area contributed by atoms with Gasteiger partial charge in [-0.1, -0.05) is 94.9 Å². The fraction of sp³-hybridized carbons (Fsp3) is 0.348. The van der Waals surface area contributed by atoms with Crippen LogP contribution in [0.15, 0.2) is 84.9 Å². The zero-order chi connectivity index (χ0) is 38.5. The number of imidazole rings is 2. The van der Waals surface area contributed by atoms with Crippen molar-refractivity contribution in [2.75, 3.05) is 13.1 Å². The summed E-state index contributed by atoms with van der Waals surface area (Å²) in [6.07, 6.45) is 8.54. The van der Waals surface area contributed by atoms with E-state index in [1.165, 1.54) is 45.0 Å². The van der Waals surface area contributed by atoms with Crippen molar-refractivity contribution in [3.63, 3.8) is 0 Å². The summed E-state index contributed by atoms with van der Waals surface area (Å²) in [5.41, 5.74) is 12.6. The first kappa shape index (κ1) is 37.9. The largest absolute Gasteiger partial charge is 0.331 e. The quantitative estimate of drug-likeness (QED) is 0.178. The minimum Gasteiger partial charge on any atom is -0.331 e. The predicted octanol–water partition coefficient (Wildman–Crippen LogP) is 10.6. The topological polar surface area (TPSA) is 42.1 Å². The number of rotatable bonds is 4. The standard InChI is InChI=1S/2C23H23Cl2N3/c2*1-27-22-13-16(28-12-11-15-5-4-8-20(25)18(15)14-28)9-10-21(22)26-23(27)17-6-2-3-7-19(17)24/h2*2-8,16H,9-14H2,1H3/t2*16-/m10/s1. The number of nitrogens with zero attached hydrogens (tertiary/aromatic N) is 6. The summed E-state index contributed by atoms with van der Waals surface area (Å²) in [6, 6.07) is 29.6. The average Bonchev–Trinajstić information content (AvgIpc) is 3.73. The molecule has 56 heavy (non-hydrogen) atoms. The van der Waals surface area contributed by atoms with E-state index >= 15 is 0 Å². The first-order valence-corrected chi connectivity index (χ1v) is 21.3. The molecule has 10 heteroatoms. The molecule has 2 atom stereocenters. The molecule has 4 aliphatic rings. The van der Waals surface area contributed by atoms with Gasteiger partial charge in [0.2, 0.25) is 0 Å². The van der Waals surface area contributed by atoms with Gasteiger partial charge in [0.05, 0.1) is 21.4 Å². The molecule has 0 bridgehead atoms. The Hall–Kier alpha value is -3.62. The average molecular weight is 825 g/mol. The van der Waals surface area contributed by atoms with Gasteiger partial charge < -0.3 is 9.13 Å². The van der Waals surface area contributed by atoms with Crippen molar-refractivity contribution in [3.8, 4) is 22.8 Å². The minimum atomic E-state index is 0.534. The molecule has 0 unspecified atom stereocenters. The van der Waals surface area contributed by atoms with Crippen molar-refractivity contribution < 1.29 is 0 Å². The summed E-state index contributed by atoms with van der Waals surface area (Å²) in [5, 5.41) is 3.32. The van der Waals surface area contributed by atoms with Gasteiger partial charge in [-0.2, -0.15) is 0 Å². The van der Waals surface area contributed by atoms with Crippen molar-refractivity contribution >= 4 is 46.4 Å². The van der Waals surface area contributed by atoms with Crippen LogP contribution in [0, 0.1) is 0 Å². The number of aromatic nitrogens is 4. The van der Waals surface area contributed by atoms with Gasteiger partial charge in [-0.15, -0.1) is 0 Å². The Labute approximate surface area is 350 Å².